The molecule has 30 unspecified atom stereocenters. The lowest BCUT2D eigenvalue weighted by Crippen LogP contribution is -2.59. The van der Waals surface area contributed by atoms with E-state index in [-0.39, 0.29) is 6.10 Å². The monoisotopic (exact) mass is 994 g/mol. The van der Waals surface area contributed by atoms with Crippen LogP contribution in [0.3, 0.4) is 0 Å². The van der Waals surface area contributed by atoms with Crippen molar-refractivity contribution in [2.24, 2.45) is 172 Å². The van der Waals surface area contributed by atoms with Crippen molar-refractivity contribution in [2.45, 2.75) is 51.0 Å². The van der Waals surface area contributed by atoms with Crippen molar-refractivity contribution in [1.29, 1.82) is 0 Å². The summed E-state index contributed by atoms with van der Waals surface area (Å²) in [5.74, 6) is 26.0. The van der Waals surface area contributed by atoms with Crippen molar-refractivity contribution in [3.05, 3.63) is 11.6 Å². The summed E-state index contributed by atoms with van der Waals surface area (Å²) in [7, 11) is 0. The Balaban J connectivity index is 0.506. The molecule has 15 saturated carbocycles. The lowest BCUT2D eigenvalue weighted by atomic mass is 9.43. The van der Waals surface area contributed by atoms with E-state index in [2.05, 4.69) is 137 Å². The molecule has 0 amide bonds. The van der Waals surface area contributed by atoms with Crippen LogP contribution >= 0.6 is 0 Å². The van der Waals surface area contributed by atoms with E-state index in [0.29, 0.717) is 23.7 Å². The molecule has 30 atom stereocenters. The molecular formula is C39H46O30. The van der Waals surface area contributed by atoms with Gasteiger partial charge in [-0.1, -0.05) is 11.6 Å². The minimum absolute atomic E-state index is 0.136. The van der Waals surface area contributed by atoms with E-state index < -0.39 is 0 Å². The Bertz CT molecular complexity index is 1960. The molecule has 0 heterocycles. The van der Waals surface area contributed by atoms with Crippen LogP contribution < -0.4 is 0 Å². The average molecular weight is 995 g/mol. The van der Waals surface area contributed by atoms with Crippen LogP contribution in [0.15, 0.2) is 11.6 Å². The fourth-order valence-corrected chi connectivity index (χ4v) is 24.1. The molecule has 0 aliphatic heterocycles. The molecule has 16 aliphatic rings. The van der Waals surface area contributed by atoms with Crippen molar-refractivity contribution in [3.8, 4) is 0 Å². The van der Waals surface area contributed by atoms with Gasteiger partial charge in [0, 0.05) is 66.4 Å². The van der Waals surface area contributed by atoms with Crippen molar-refractivity contribution in [1.82, 2.24) is 0 Å². The molecule has 0 saturated heterocycles. The fourth-order valence-electron chi connectivity index (χ4n) is 24.1. The summed E-state index contributed by atoms with van der Waals surface area (Å²) in [5.41, 5.74) is 1.79. The van der Waals surface area contributed by atoms with Gasteiger partial charge >= 0.3 is 0 Å². The average Bonchev–Trinajstić information content (AvgIpc) is 4.21. The first-order valence-electron chi connectivity index (χ1n) is 24.0. The molecule has 16 rings (SSSR count). The van der Waals surface area contributed by atoms with Gasteiger partial charge in [0.25, 0.3) is 0 Å². The van der Waals surface area contributed by atoms with Crippen molar-refractivity contribution < 1.29 is 151 Å². The number of hydrogen-bond acceptors (Lipinski definition) is 30. The van der Waals surface area contributed by atoms with Gasteiger partial charge < -0.3 is 0 Å². The molecular weight excluding hydrogens is 948 g/mol. The smallest absolute Gasteiger partial charge is 0.106 e. The second kappa shape index (κ2) is 17.3. The second-order valence-corrected chi connectivity index (χ2v) is 22.7. The minimum Gasteiger partial charge on any atom is -0.219 e. The van der Waals surface area contributed by atoms with Crippen LogP contribution in [-0.4, -0.2) is 11.4 Å². The molecule has 0 bridgehead atoms. The zero-order valence-electron chi connectivity index (χ0n) is 35.6. The highest BCUT2D eigenvalue weighted by molar-refractivity contribution is 5.40. The molecule has 0 aromatic heterocycles. The summed E-state index contributed by atoms with van der Waals surface area (Å²) in [6, 6.07) is 0. The Kier molecular flexibility index (Phi) is 11.0. The van der Waals surface area contributed by atoms with Crippen LogP contribution in [0.4, 0.5) is 0 Å². The SMILES string of the molecule is OOOOOOOOOOOOOOOOOOOOOOOOOOOOOOC1C2C=C3CC4CC5CC6CC7CC8CC9CC1C1C9C9C8C8C7C6C6C5C5C4C3C3C2C1C1C3C5C6C8C91. The lowest BCUT2D eigenvalue weighted by Gasteiger charge is -2.62. The van der Waals surface area contributed by atoms with Gasteiger partial charge in [-0.05, 0) is 291 Å². The van der Waals surface area contributed by atoms with Gasteiger partial charge in [-0.15, -0.1) is 0 Å². The topological polar surface area (TPSA) is 288 Å². The quantitative estimate of drug-likeness (QED) is 0.0461. The van der Waals surface area contributed by atoms with Crippen LogP contribution in [0, 0.1) is 172 Å². The first-order chi connectivity index (χ1) is 34.3. The van der Waals surface area contributed by atoms with E-state index in [1.54, 1.807) is 18.4 Å². The van der Waals surface area contributed by atoms with Crippen LogP contribution in [0.1, 0.15) is 44.9 Å². The molecule has 382 valence electrons. The van der Waals surface area contributed by atoms with Gasteiger partial charge in [-0.3, -0.25) is 0 Å². The van der Waals surface area contributed by atoms with E-state index in [9.17, 15) is 0 Å². The third-order valence-electron chi connectivity index (χ3n) is 22.8. The molecule has 69 heavy (non-hydrogen) atoms. The van der Waals surface area contributed by atoms with Crippen LogP contribution in [-0.2, 0) is 146 Å². The van der Waals surface area contributed by atoms with E-state index in [1.807, 2.05) is 0 Å². The van der Waals surface area contributed by atoms with Crippen LogP contribution in [0.25, 0.3) is 0 Å². The van der Waals surface area contributed by atoms with E-state index >= 15 is 0 Å². The van der Waals surface area contributed by atoms with Crippen molar-refractivity contribution in [3.63, 3.8) is 0 Å². The molecule has 0 radical (unpaired) electrons. The highest BCUT2D eigenvalue weighted by Gasteiger charge is 2.88. The van der Waals surface area contributed by atoms with Crippen LogP contribution in [0.2, 0.25) is 0 Å². The normalized spacial score (nSPS) is 55.2. The molecule has 30 nitrogen and oxygen atoms in total. The number of hydrogen-bond donors (Lipinski definition) is 1. The molecule has 1 N–H and O–H groups in total. The second-order valence-electron chi connectivity index (χ2n) is 22.7. The molecule has 15 fully saturated rings. The van der Waals surface area contributed by atoms with E-state index in [4.69, 9.17) is 20.2 Å². The maximum Gasteiger partial charge on any atom is 0.106 e. The summed E-state index contributed by atoms with van der Waals surface area (Å²) in [6.07, 6.45) is 12.8. The summed E-state index contributed by atoms with van der Waals surface area (Å²) in [5, 5.41) is 115. The Hall–Kier alpha value is -1.46. The van der Waals surface area contributed by atoms with Gasteiger partial charge in [0.05, 0.1) is 0 Å². The summed E-state index contributed by atoms with van der Waals surface area (Å²) in [4.78, 5) is 6.46. The molecule has 0 aromatic rings. The zero-order valence-corrected chi connectivity index (χ0v) is 35.6. The predicted molar refractivity (Wildman–Crippen MR) is 179 cm³/mol. The fraction of sp³-hybridized carbons (Fsp3) is 0.949. The summed E-state index contributed by atoms with van der Waals surface area (Å²) in [6.45, 7) is 0. The Morgan fingerprint density at radius 3 is 1.06 bits per heavy atom. The highest BCUT2D eigenvalue weighted by atomic mass is 18.0. The largest absolute Gasteiger partial charge is 0.219 e. The van der Waals surface area contributed by atoms with Gasteiger partial charge in [0.15, 0.2) is 0 Å². The molecule has 30 heteroatoms. The molecule has 16 aliphatic carbocycles. The minimum atomic E-state index is -0.136. The van der Waals surface area contributed by atoms with E-state index in [0.717, 1.165) is 148 Å². The molecule has 0 spiro atoms. The Morgan fingerprint density at radius 1 is 0.290 bits per heavy atom. The van der Waals surface area contributed by atoms with Gasteiger partial charge in [-0.25, -0.2) is 5.26 Å². The lowest BCUT2D eigenvalue weighted by molar-refractivity contribution is -0.904. The van der Waals surface area contributed by atoms with Gasteiger partial charge in [-0.2, -0.15) is 4.89 Å². The zero-order chi connectivity index (χ0) is 45.1. The third-order valence-corrected chi connectivity index (χ3v) is 22.8. The Labute approximate surface area is 385 Å². The standard InChI is InChI=1S/C39H46O30/c40-42-44-46-48-50-52-54-56-58-60-62-64-66-68-69-67-65-63-61-59-57-55-53-51-49-47-45-43-41-39-16-8-15-6-13-3-10-1-9-2-12-4-11-5-14-7-17(39)26-31-21(14)20(11)29-23(12)27-18(9)19(10)28-24(13)30-22(15)25(16)32(26)38-36(30)34(28)33(27)35(29)37(31)38/h7,9-13,15-40H,1-6,8H2. The third kappa shape index (κ3) is 6.14. The highest BCUT2D eigenvalue weighted by Crippen LogP contribution is 2.92. The maximum atomic E-state index is 7.67. The predicted octanol–water partition coefficient (Wildman–Crippen LogP) is 4.67. The first-order valence-corrected chi connectivity index (χ1v) is 24.0. The van der Waals surface area contributed by atoms with Crippen molar-refractivity contribution >= 4 is 0 Å². The maximum absolute atomic E-state index is 7.67. The van der Waals surface area contributed by atoms with Gasteiger partial charge in [0.2, 0.25) is 0 Å². The van der Waals surface area contributed by atoms with Crippen molar-refractivity contribution in [2.75, 3.05) is 0 Å². The van der Waals surface area contributed by atoms with Crippen LogP contribution in [0.5, 0.6) is 0 Å². The number of rotatable bonds is 29. The Morgan fingerprint density at radius 2 is 0.609 bits per heavy atom. The summed E-state index contributed by atoms with van der Waals surface area (Å²) >= 11 is 0. The first kappa shape index (κ1) is 43.9. The van der Waals surface area contributed by atoms with Gasteiger partial charge in [0.1, 0.15) is 6.10 Å². The number of allylic oxidation sites excluding steroid dienone is 1. The van der Waals surface area contributed by atoms with E-state index in [1.165, 1.54) is 32.1 Å². The summed E-state index contributed by atoms with van der Waals surface area (Å²) < 4.78 is 0. The molecule has 0 aromatic carbocycles.